The van der Waals surface area contributed by atoms with Crippen molar-refractivity contribution in [2.45, 2.75) is 0 Å². The molecule has 0 saturated heterocycles. The van der Waals surface area contributed by atoms with Crippen LogP contribution in [0.1, 0.15) is 0 Å². The van der Waals surface area contributed by atoms with Gasteiger partial charge in [-0.2, -0.15) is 0 Å². The first-order valence-corrected chi connectivity index (χ1v) is 13.1. The monoisotopic (exact) mass is 498 g/mol. The van der Waals surface area contributed by atoms with E-state index in [-0.39, 0.29) is 0 Å². The van der Waals surface area contributed by atoms with Crippen molar-refractivity contribution in [2.24, 2.45) is 0 Å². The molecule has 0 fully saturated rings. The van der Waals surface area contributed by atoms with E-state index in [1.165, 1.54) is 10.8 Å². The molecular weight excluding hydrogens is 476 g/mol. The summed E-state index contributed by atoms with van der Waals surface area (Å²) in [5.74, 6) is 0.680. The van der Waals surface area contributed by atoms with Gasteiger partial charge in [-0.25, -0.2) is 9.97 Å². The van der Waals surface area contributed by atoms with Crippen LogP contribution in [0.5, 0.6) is 0 Å². The van der Waals surface area contributed by atoms with Crippen LogP contribution in [0.15, 0.2) is 138 Å². The minimum Gasteiger partial charge on any atom is -0.451 e. The number of hydrogen-bond acceptors (Lipinski definition) is 3. The molecule has 0 bridgehead atoms. The molecule has 0 aliphatic carbocycles. The summed E-state index contributed by atoms with van der Waals surface area (Å²) in [6.45, 7) is 0. The average Bonchev–Trinajstić information content (AvgIpc) is 3.42. The lowest BCUT2D eigenvalue weighted by Gasteiger charge is -2.08. The van der Waals surface area contributed by atoms with Crippen LogP contribution in [0.25, 0.3) is 77.4 Å². The lowest BCUT2D eigenvalue weighted by Crippen LogP contribution is -1.94. The highest BCUT2D eigenvalue weighted by atomic mass is 16.3. The van der Waals surface area contributed by atoms with Gasteiger partial charge in [-0.15, -0.1) is 0 Å². The maximum Gasteiger partial charge on any atom is 0.180 e. The minimum atomic E-state index is 0.680. The van der Waals surface area contributed by atoms with E-state index in [0.717, 1.165) is 55.2 Å². The smallest absolute Gasteiger partial charge is 0.180 e. The van der Waals surface area contributed by atoms with E-state index in [0.29, 0.717) is 11.4 Å². The normalized spacial score (nSPS) is 11.6. The molecule has 2 heterocycles. The molecule has 0 atom stereocenters. The number of fused-ring (bicyclic) bond motifs is 8. The highest BCUT2D eigenvalue weighted by Crippen LogP contribution is 2.43. The lowest BCUT2D eigenvalue weighted by atomic mass is 9.98. The Kier molecular flexibility index (Phi) is 4.82. The standard InChI is InChI=1S/C36H22N2O/c1-3-12-23(13-4-1)25-16-11-17-26(22-25)36-37-32(24-14-5-2-6-15-24)35-33(38-36)31-29-20-9-7-18-27(29)28-19-8-10-21-30(28)34(31)39-35/h1-22H. The second kappa shape index (κ2) is 8.64. The maximum absolute atomic E-state index is 6.72. The van der Waals surface area contributed by atoms with E-state index in [1.54, 1.807) is 0 Å². The fourth-order valence-electron chi connectivity index (χ4n) is 5.66. The summed E-state index contributed by atoms with van der Waals surface area (Å²) in [4.78, 5) is 10.3. The van der Waals surface area contributed by atoms with Crippen LogP contribution in [0.3, 0.4) is 0 Å². The van der Waals surface area contributed by atoms with E-state index in [2.05, 4.69) is 109 Å². The molecule has 0 aliphatic heterocycles. The third-order valence-electron chi connectivity index (χ3n) is 7.47. The molecule has 0 spiro atoms. The molecule has 3 heteroatoms. The second-order valence-electron chi connectivity index (χ2n) is 9.78. The first-order valence-electron chi connectivity index (χ1n) is 13.1. The van der Waals surface area contributed by atoms with E-state index in [4.69, 9.17) is 14.4 Å². The van der Waals surface area contributed by atoms with Gasteiger partial charge in [0.15, 0.2) is 11.4 Å². The molecule has 8 aromatic rings. The number of rotatable bonds is 3. The van der Waals surface area contributed by atoms with Crippen LogP contribution < -0.4 is 0 Å². The zero-order chi connectivity index (χ0) is 25.8. The molecule has 8 rings (SSSR count). The van der Waals surface area contributed by atoms with Crippen LogP contribution in [0.4, 0.5) is 0 Å². The highest BCUT2D eigenvalue weighted by Gasteiger charge is 2.22. The SMILES string of the molecule is c1ccc(-c2cccc(-c3nc(-c4ccccc4)c4oc5c6ccccc6c6ccccc6c5c4n3)c2)cc1. The molecule has 2 aromatic heterocycles. The number of hydrogen-bond donors (Lipinski definition) is 0. The molecule has 3 nitrogen and oxygen atoms in total. The van der Waals surface area contributed by atoms with Crippen molar-refractivity contribution in [1.82, 2.24) is 9.97 Å². The zero-order valence-electron chi connectivity index (χ0n) is 21.0. The van der Waals surface area contributed by atoms with Crippen LogP contribution in [0.2, 0.25) is 0 Å². The molecule has 6 aromatic carbocycles. The van der Waals surface area contributed by atoms with Crippen molar-refractivity contribution >= 4 is 43.6 Å². The summed E-state index contributed by atoms with van der Waals surface area (Å²) in [7, 11) is 0. The number of nitrogens with zero attached hydrogens (tertiary/aromatic N) is 2. The highest BCUT2D eigenvalue weighted by molar-refractivity contribution is 6.30. The average molecular weight is 499 g/mol. The Morgan fingerprint density at radius 1 is 0.410 bits per heavy atom. The lowest BCUT2D eigenvalue weighted by molar-refractivity contribution is 0.671. The molecular formula is C36H22N2O. The predicted octanol–water partition coefficient (Wildman–Crippen LogP) is 9.68. The molecule has 0 saturated carbocycles. The fraction of sp³-hybridized carbons (Fsp3) is 0. The Morgan fingerprint density at radius 3 is 1.72 bits per heavy atom. The summed E-state index contributed by atoms with van der Waals surface area (Å²) < 4.78 is 6.72. The molecule has 0 radical (unpaired) electrons. The van der Waals surface area contributed by atoms with Crippen molar-refractivity contribution in [2.75, 3.05) is 0 Å². The summed E-state index contributed by atoms with van der Waals surface area (Å²) in [6.07, 6.45) is 0. The third-order valence-corrected chi connectivity index (χ3v) is 7.47. The van der Waals surface area contributed by atoms with Gasteiger partial charge >= 0.3 is 0 Å². The Labute approximate surface area is 225 Å². The van der Waals surface area contributed by atoms with E-state index < -0.39 is 0 Å². The van der Waals surface area contributed by atoms with Gasteiger partial charge in [0.05, 0.1) is 5.39 Å². The van der Waals surface area contributed by atoms with Gasteiger partial charge in [0.1, 0.15) is 16.8 Å². The van der Waals surface area contributed by atoms with E-state index >= 15 is 0 Å². The quantitative estimate of drug-likeness (QED) is 0.228. The Balaban J connectivity index is 1.50. The maximum atomic E-state index is 6.72. The number of benzene rings is 6. The fourth-order valence-corrected chi connectivity index (χ4v) is 5.66. The van der Waals surface area contributed by atoms with Crippen molar-refractivity contribution < 1.29 is 4.42 Å². The van der Waals surface area contributed by atoms with Crippen molar-refractivity contribution in [3.05, 3.63) is 133 Å². The van der Waals surface area contributed by atoms with Crippen LogP contribution in [-0.4, -0.2) is 9.97 Å². The molecule has 0 amide bonds. The first kappa shape index (κ1) is 21.8. The van der Waals surface area contributed by atoms with Crippen LogP contribution in [0, 0.1) is 0 Å². The Hall–Kier alpha value is -5.28. The van der Waals surface area contributed by atoms with Gasteiger partial charge in [-0.3, -0.25) is 0 Å². The van der Waals surface area contributed by atoms with Crippen molar-refractivity contribution in [3.8, 4) is 33.8 Å². The number of aromatic nitrogens is 2. The van der Waals surface area contributed by atoms with E-state index in [1.807, 2.05) is 24.3 Å². The third kappa shape index (κ3) is 3.44. The number of furan rings is 1. The Bertz CT molecular complexity index is 2160. The van der Waals surface area contributed by atoms with Gasteiger partial charge in [-0.05, 0) is 33.4 Å². The molecule has 0 unspecified atom stereocenters. The molecule has 39 heavy (non-hydrogen) atoms. The summed E-state index contributed by atoms with van der Waals surface area (Å²) in [5.41, 5.74) is 7.45. The Morgan fingerprint density at radius 2 is 0.974 bits per heavy atom. The first-order chi connectivity index (χ1) is 19.3. The van der Waals surface area contributed by atoms with Crippen molar-refractivity contribution in [3.63, 3.8) is 0 Å². The van der Waals surface area contributed by atoms with Crippen molar-refractivity contribution in [1.29, 1.82) is 0 Å². The molecule has 0 aliphatic rings. The zero-order valence-corrected chi connectivity index (χ0v) is 21.0. The van der Waals surface area contributed by atoms with E-state index in [9.17, 15) is 0 Å². The minimum absolute atomic E-state index is 0.680. The van der Waals surface area contributed by atoms with Crippen LogP contribution in [-0.2, 0) is 0 Å². The second-order valence-corrected chi connectivity index (χ2v) is 9.78. The molecule has 182 valence electrons. The van der Waals surface area contributed by atoms with Gasteiger partial charge < -0.3 is 4.42 Å². The molecule has 0 N–H and O–H groups in total. The van der Waals surface area contributed by atoms with Gasteiger partial charge in [-0.1, -0.05) is 127 Å². The summed E-state index contributed by atoms with van der Waals surface area (Å²) in [5, 5.41) is 5.60. The largest absolute Gasteiger partial charge is 0.451 e. The van der Waals surface area contributed by atoms with Gasteiger partial charge in [0.2, 0.25) is 0 Å². The van der Waals surface area contributed by atoms with Gasteiger partial charge in [0.25, 0.3) is 0 Å². The van der Waals surface area contributed by atoms with Crippen LogP contribution >= 0.6 is 0 Å². The summed E-state index contributed by atoms with van der Waals surface area (Å²) in [6, 6.07) is 46.1. The predicted molar refractivity (Wildman–Crippen MR) is 161 cm³/mol. The summed E-state index contributed by atoms with van der Waals surface area (Å²) >= 11 is 0. The van der Waals surface area contributed by atoms with Gasteiger partial charge in [0, 0.05) is 16.5 Å². The topological polar surface area (TPSA) is 38.9 Å².